The van der Waals surface area contributed by atoms with Gasteiger partial charge in [0.1, 0.15) is 11.4 Å². The van der Waals surface area contributed by atoms with Gasteiger partial charge in [-0.1, -0.05) is 30.3 Å². The second kappa shape index (κ2) is 6.08. The number of rotatable bonds is 4. The Bertz CT molecular complexity index is 924. The summed E-state index contributed by atoms with van der Waals surface area (Å²) in [4.78, 5) is 0. The Morgan fingerprint density at radius 2 is 1.71 bits per heavy atom. The summed E-state index contributed by atoms with van der Waals surface area (Å²) in [6.45, 7) is 0. The first-order valence-electron chi connectivity index (χ1n) is 7.69. The molecule has 0 fully saturated rings. The molecule has 2 aromatic carbocycles. The highest BCUT2D eigenvalue weighted by molar-refractivity contribution is 5.68. The summed E-state index contributed by atoms with van der Waals surface area (Å²) in [6.07, 6.45) is 1.67. The molecule has 0 aliphatic carbocycles. The van der Waals surface area contributed by atoms with Crippen molar-refractivity contribution >= 4 is 0 Å². The van der Waals surface area contributed by atoms with E-state index in [1.165, 1.54) is 0 Å². The molecule has 0 amide bonds. The number of aromatic nitrogens is 2. The third-order valence-corrected chi connectivity index (χ3v) is 3.87. The number of hydrogen-bond acceptors (Lipinski definition) is 3. The van der Waals surface area contributed by atoms with Gasteiger partial charge >= 0.3 is 0 Å². The average Bonchev–Trinajstić information content (AvgIpc) is 3.32. The van der Waals surface area contributed by atoms with Gasteiger partial charge in [0.25, 0.3) is 0 Å². The molecule has 0 bridgehead atoms. The first kappa shape index (κ1) is 14.3. The molecule has 4 nitrogen and oxygen atoms in total. The van der Waals surface area contributed by atoms with Gasteiger partial charge in [-0.05, 0) is 42.5 Å². The Kier molecular flexibility index (Phi) is 3.63. The number of ether oxygens (including phenoxy) is 1. The van der Waals surface area contributed by atoms with Gasteiger partial charge in [-0.2, -0.15) is 5.10 Å². The van der Waals surface area contributed by atoms with Crippen LogP contribution in [0.1, 0.15) is 0 Å². The van der Waals surface area contributed by atoms with E-state index in [-0.39, 0.29) is 0 Å². The molecule has 0 aliphatic rings. The number of benzene rings is 2. The molecule has 0 atom stereocenters. The van der Waals surface area contributed by atoms with Gasteiger partial charge in [-0.15, -0.1) is 0 Å². The lowest BCUT2D eigenvalue weighted by Crippen LogP contribution is -1.98. The zero-order valence-corrected chi connectivity index (χ0v) is 13.2. The Morgan fingerprint density at radius 1 is 0.917 bits per heavy atom. The van der Waals surface area contributed by atoms with Gasteiger partial charge in [-0.25, -0.2) is 4.68 Å². The lowest BCUT2D eigenvalue weighted by atomic mass is 10.1. The van der Waals surface area contributed by atoms with Gasteiger partial charge in [-0.3, -0.25) is 0 Å². The van der Waals surface area contributed by atoms with E-state index >= 15 is 0 Å². The number of hydrogen-bond donors (Lipinski definition) is 0. The molecule has 4 aromatic rings. The molecule has 2 heterocycles. The van der Waals surface area contributed by atoms with Crippen molar-refractivity contribution in [3.8, 4) is 34.1 Å². The average molecular weight is 316 g/mol. The smallest absolute Gasteiger partial charge is 0.152 e. The van der Waals surface area contributed by atoms with Crippen LogP contribution < -0.4 is 4.74 Å². The van der Waals surface area contributed by atoms with Gasteiger partial charge in [0, 0.05) is 5.56 Å². The number of methoxy groups -OCH3 is 1. The van der Waals surface area contributed by atoms with Crippen LogP contribution in [-0.4, -0.2) is 16.9 Å². The second-order valence-electron chi connectivity index (χ2n) is 5.37. The van der Waals surface area contributed by atoms with Crippen LogP contribution in [-0.2, 0) is 0 Å². The minimum absolute atomic E-state index is 0.778. The zero-order valence-electron chi connectivity index (χ0n) is 13.2. The maximum atomic E-state index is 5.59. The van der Waals surface area contributed by atoms with E-state index in [2.05, 4.69) is 0 Å². The quantitative estimate of drug-likeness (QED) is 0.542. The maximum Gasteiger partial charge on any atom is 0.152 e. The minimum Gasteiger partial charge on any atom is -0.497 e. The van der Waals surface area contributed by atoms with Gasteiger partial charge in [0.15, 0.2) is 5.76 Å². The predicted octanol–water partition coefficient (Wildman–Crippen LogP) is 4.81. The van der Waals surface area contributed by atoms with Crippen molar-refractivity contribution in [2.24, 2.45) is 0 Å². The Labute approximate surface area is 139 Å². The predicted molar refractivity (Wildman–Crippen MR) is 93.3 cm³/mol. The van der Waals surface area contributed by atoms with E-state index in [0.29, 0.717) is 0 Å². The first-order chi connectivity index (χ1) is 11.8. The number of furan rings is 1. The summed E-state index contributed by atoms with van der Waals surface area (Å²) in [5.41, 5.74) is 3.82. The van der Waals surface area contributed by atoms with Crippen LogP contribution in [0.5, 0.6) is 5.75 Å². The lowest BCUT2D eigenvalue weighted by Gasteiger charge is -2.06. The van der Waals surface area contributed by atoms with Crippen LogP contribution >= 0.6 is 0 Å². The van der Waals surface area contributed by atoms with E-state index in [9.17, 15) is 0 Å². The van der Waals surface area contributed by atoms with E-state index in [0.717, 1.165) is 34.1 Å². The third-order valence-electron chi connectivity index (χ3n) is 3.87. The second-order valence-corrected chi connectivity index (χ2v) is 5.37. The number of nitrogens with zero attached hydrogens (tertiary/aromatic N) is 2. The molecule has 2 aromatic heterocycles. The van der Waals surface area contributed by atoms with Gasteiger partial charge in [0.2, 0.25) is 0 Å². The fourth-order valence-electron chi connectivity index (χ4n) is 2.65. The van der Waals surface area contributed by atoms with E-state index in [1.54, 1.807) is 13.4 Å². The first-order valence-corrected chi connectivity index (χ1v) is 7.69. The van der Waals surface area contributed by atoms with Gasteiger partial charge < -0.3 is 9.15 Å². The molecule has 0 saturated carbocycles. The Morgan fingerprint density at radius 3 is 2.38 bits per heavy atom. The van der Waals surface area contributed by atoms with Crippen LogP contribution in [0, 0.1) is 0 Å². The van der Waals surface area contributed by atoms with E-state index in [4.69, 9.17) is 14.3 Å². The summed E-state index contributed by atoms with van der Waals surface area (Å²) in [5.74, 6) is 1.59. The molecular formula is C20H16N2O2. The van der Waals surface area contributed by atoms with Crippen LogP contribution in [0.15, 0.2) is 83.5 Å². The lowest BCUT2D eigenvalue weighted by molar-refractivity contribution is 0.414. The minimum atomic E-state index is 0.778. The summed E-state index contributed by atoms with van der Waals surface area (Å²) in [7, 11) is 1.66. The molecule has 0 spiro atoms. The summed E-state index contributed by atoms with van der Waals surface area (Å²) in [5, 5.41) is 4.78. The zero-order chi connectivity index (χ0) is 16.4. The molecule has 0 N–H and O–H groups in total. The fourth-order valence-corrected chi connectivity index (χ4v) is 2.65. The highest BCUT2D eigenvalue weighted by atomic mass is 16.5. The third kappa shape index (κ3) is 2.58. The van der Waals surface area contributed by atoms with Crippen molar-refractivity contribution < 1.29 is 9.15 Å². The molecule has 0 aliphatic heterocycles. The molecule has 0 unspecified atom stereocenters. The van der Waals surface area contributed by atoms with Crippen LogP contribution in [0.3, 0.4) is 0 Å². The topological polar surface area (TPSA) is 40.2 Å². The fraction of sp³-hybridized carbons (Fsp3) is 0.0500. The van der Waals surface area contributed by atoms with Crippen molar-refractivity contribution in [2.75, 3.05) is 7.11 Å². The maximum absolute atomic E-state index is 5.59. The highest BCUT2D eigenvalue weighted by Gasteiger charge is 2.14. The summed E-state index contributed by atoms with van der Waals surface area (Å²) >= 11 is 0. The molecule has 24 heavy (non-hydrogen) atoms. The summed E-state index contributed by atoms with van der Waals surface area (Å²) < 4.78 is 12.7. The standard InChI is InChI=1S/C20H16N2O2/c1-23-17-11-9-16(10-12-17)22-19(20-8-5-13-24-20)14-18(21-22)15-6-3-2-4-7-15/h2-14H,1H3. The Hall–Kier alpha value is -3.27. The van der Waals surface area contributed by atoms with Crippen molar-refractivity contribution in [1.82, 2.24) is 9.78 Å². The Balaban J connectivity index is 1.86. The summed E-state index contributed by atoms with van der Waals surface area (Å²) in [6, 6.07) is 23.8. The van der Waals surface area contributed by atoms with Crippen LogP contribution in [0.2, 0.25) is 0 Å². The van der Waals surface area contributed by atoms with Crippen LogP contribution in [0.4, 0.5) is 0 Å². The largest absolute Gasteiger partial charge is 0.497 e. The SMILES string of the molecule is COc1ccc(-n2nc(-c3ccccc3)cc2-c2ccco2)cc1. The molecule has 4 rings (SSSR count). The highest BCUT2D eigenvalue weighted by Crippen LogP contribution is 2.29. The molecular weight excluding hydrogens is 300 g/mol. The van der Waals surface area contributed by atoms with Crippen molar-refractivity contribution in [3.05, 3.63) is 79.1 Å². The molecule has 4 heteroatoms. The normalized spacial score (nSPS) is 10.7. The molecule has 118 valence electrons. The van der Waals surface area contributed by atoms with E-state index in [1.807, 2.05) is 77.5 Å². The van der Waals surface area contributed by atoms with Crippen molar-refractivity contribution in [1.29, 1.82) is 0 Å². The molecule has 0 radical (unpaired) electrons. The van der Waals surface area contributed by atoms with Gasteiger partial charge in [0.05, 0.1) is 24.8 Å². The van der Waals surface area contributed by atoms with Crippen LogP contribution in [0.25, 0.3) is 28.4 Å². The molecule has 0 saturated heterocycles. The van der Waals surface area contributed by atoms with E-state index < -0.39 is 0 Å². The van der Waals surface area contributed by atoms with Crippen molar-refractivity contribution in [2.45, 2.75) is 0 Å². The monoisotopic (exact) mass is 316 g/mol. The van der Waals surface area contributed by atoms with Crippen molar-refractivity contribution in [3.63, 3.8) is 0 Å².